The van der Waals surface area contributed by atoms with Gasteiger partial charge in [0.05, 0.1) is 6.61 Å². The van der Waals surface area contributed by atoms with Gasteiger partial charge in [-0.3, -0.25) is 4.79 Å². The monoisotopic (exact) mass is 345 g/mol. The van der Waals surface area contributed by atoms with Crippen LogP contribution in [0.2, 0.25) is 0 Å². The van der Waals surface area contributed by atoms with Gasteiger partial charge in [-0.05, 0) is 31.4 Å². The Morgan fingerprint density at radius 2 is 2.26 bits per heavy atom. The molecule has 3 nitrogen and oxygen atoms in total. The molecule has 1 amide bonds. The van der Waals surface area contributed by atoms with Gasteiger partial charge in [-0.25, -0.2) is 0 Å². The molecular weight excluding hydrogens is 326 g/mol. The van der Waals surface area contributed by atoms with Crippen LogP contribution in [-0.4, -0.2) is 24.5 Å². The first-order valence-electron chi connectivity index (χ1n) is 6.23. The van der Waals surface area contributed by atoms with Crippen molar-refractivity contribution in [3.05, 3.63) is 23.8 Å². The Morgan fingerprint density at radius 1 is 1.53 bits per heavy atom. The number of nitrogens with one attached hydrogen (secondary N) is 1. The zero-order valence-electron chi connectivity index (χ0n) is 11.5. The summed E-state index contributed by atoms with van der Waals surface area (Å²) in [5, 5.41) is 3.64. The smallest absolute Gasteiger partial charge is 0.228 e. The van der Waals surface area contributed by atoms with E-state index >= 15 is 0 Å². The number of halogens is 1. The Bertz CT molecular complexity index is 426. The number of ether oxygens (including phenoxy) is 1. The van der Waals surface area contributed by atoms with Gasteiger partial charge in [0.2, 0.25) is 5.91 Å². The first kappa shape index (κ1) is 16.4. The quantitative estimate of drug-likeness (QED) is 0.761. The fraction of sp³-hybridized carbons (Fsp3) is 0.500. The van der Waals surface area contributed by atoms with Gasteiger partial charge in [0.15, 0.2) is 0 Å². The molecule has 0 heterocycles. The van der Waals surface area contributed by atoms with Crippen LogP contribution in [0.4, 0.5) is 5.69 Å². The SMILES string of the molecule is CCOc1ccc(NC(=O)C(C)CSC)cc1CBr. The number of carbonyl (C=O) groups excluding carboxylic acids is 1. The van der Waals surface area contributed by atoms with E-state index in [9.17, 15) is 4.79 Å². The third-order valence-corrected chi connectivity index (χ3v) is 4.07. The summed E-state index contributed by atoms with van der Waals surface area (Å²) >= 11 is 5.11. The maximum atomic E-state index is 11.9. The predicted octanol–water partition coefficient (Wildman–Crippen LogP) is 3.92. The van der Waals surface area contributed by atoms with Crippen molar-refractivity contribution in [2.24, 2.45) is 5.92 Å². The number of anilines is 1. The summed E-state index contributed by atoms with van der Waals surface area (Å²) in [6.07, 6.45) is 2.00. The molecule has 0 bridgehead atoms. The molecule has 0 aromatic heterocycles. The van der Waals surface area contributed by atoms with Gasteiger partial charge in [-0.15, -0.1) is 0 Å². The molecule has 1 N–H and O–H groups in total. The van der Waals surface area contributed by atoms with Crippen molar-refractivity contribution < 1.29 is 9.53 Å². The maximum Gasteiger partial charge on any atom is 0.228 e. The molecule has 0 radical (unpaired) electrons. The number of thioether (sulfide) groups is 1. The molecule has 5 heteroatoms. The van der Waals surface area contributed by atoms with Gasteiger partial charge >= 0.3 is 0 Å². The van der Waals surface area contributed by atoms with E-state index in [2.05, 4.69) is 21.2 Å². The van der Waals surface area contributed by atoms with Crippen LogP contribution in [0.15, 0.2) is 18.2 Å². The fourth-order valence-corrected chi connectivity index (χ4v) is 2.74. The number of carbonyl (C=O) groups is 1. The largest absolute Gasteiger partial charge is 0.494 e. The van der Waals surface area contributed by atoms with Crippen LogP contribution in [0.25, 0.3) is 0 Å². The first-order valence-corrected chi connectivity index (χ1v) is 8.75. The maximum absolute atomic E-state index is 11.9. The highest BCUT2D eigenvalue weighted by atomic mass is 79.9. The second-order valence-corrected chi connectivity index (χ2v) is 5.71. The zero-order chi connectivity index (χ0) is 14.3. The van der Waals surface area contributed by atoms with E-state index in [1.165, 1.54) is 0 Å². The Hall–Kier alpha value is -0.680. The lowest BCUT2D eigenvalue weighted by atomic mass is 10.1. The Kier molecular flexibility index (Phi) is 7.31. The van der Waals surface area contributed by atoms with Crippen molar-refractivity contribution in [3.63, 3.8) is 0 Å². The Morgan fingerprint density at radius 3 is 2.84 bits per heavy atom. The second-order valence-electron chi connectivity index (χ2n) is 4.23. The molecule has 1 aromatic carbocycles. The van der Waals surface area contributed by atoms with Gasteiger partial charge in [0, 0.05) is 28.3 Å². The summed E-state index contributed by atoms with van der Waals surface area (Å²) in [6.45, 7) is 4.53. The number of hydrogen-bond acceptors (Lipinski definition) is 3. The molecule has 0 fully saturated rings. The van der Waals surface area contributed by atoms with E-state index in [1.54, 1.807) is 11.8 Å². The van der Waals surface area contributed by atoms with Crippen molar-refractivity contribution in [3.8, 4) is 5.75 Å². The van der Waals surface area contributed by atoms with Crippen molar-refractivity contribution in [1.82, 2.24) is 0 Å². The number of alkyl halides is 1. The highest BCUT2D eigenvalue weighted by Crippen LogP contribution is 2.25. The summed E-state index contributed by atoms with van der Waals surface area (Å²) in [7, 11) is 0. The summed E-state index contributed by atoms with van der Waals surface area (Å²) in [4.78, 5) is 11.9. The lowest BCUT2D eigenvalue weighted by Crippen LogP contribution is -2.22. The number of hydrogen-bond donors (Lipinski definition) is 1. The van der Waals surface area contributed by atoms with Gasteiger partial charge in [0.1, 0.15) is 5.75 Å². The van der Waals surface area contributed by atoms with E-state index in [1.807, 2.05) is 38.3 Å². The molecule has 0 spiro atoms. The summed E-state index contributed by atoms with van der Waals surface area (Å²) in [5.74, 6) is 1.75. The Labute approximate surface area is 127 Å². The molecule has 1 rings (SSSR count). The molecule has 106 valence electrons. The van der Waals surface area contributed by atoms with E-state index in [0.29, 0.717) is 11.9 Å². The predicted molar refractivity (Wildman–Crippen MR) is 86.4 cm³/mol. The molecule has 19 heavy (non-hydrogen) atoms. The second kappa shape index (κ2) is 8.48. The fourth-order valence-electron chi connectivity index (χ4n) is 1.65. The minimum atomic E-state index is 0.00832. The summed E-state index contributed by atoms with van der Waals surface area (Å²) in [5.41, 5.74) is 1.85. The molecule has 1 atom stereocenters. The topological polar surface area (TPSA) is 38.3 Å². The van der Waals surface area contributed by atoms with Gasteiger partial charge in [0.25, 0.3) is 0 Å². The van der Waals surface area contributed by atoms with Gasteiger partial charge in [-0.2, -0.15) is 11.8 Å². The number of benzene rings is 1. The van der Waals surface area contributed by atoms with Crippen LogP contribution in [0.1, 0.15) is 19.4 Å². The molecule has 0 saturated carbocycles. The molecule has 0 saturated heterocycles. The van der Waals surface area contributed by atoms with E-state index in [4.69, 9.17) is 4.74 Å². The van der Waals surface area contributed by atoms with Crippen molar-refractivity contribution in [2.45, 2.75) is 19.2 Å². The van der Waals surface area contributed by atoms with E-state index in [0.717, 1.165) is 22.8 Å². The van der Waals surface area contributed by atoms with Crippen LogP contribution >= 0.6 is 27.7 Å². The normalized spacial score (nSPS) is 12.0. The van der Waals surface area contributed by atoms with Crippen molar-refractivity contribution in [2.75, 3.05) is 23.9 Å². The third kappa shape index (κ3) is 5.07. The third-order valence-electron chi connectivity index (χ3n) is 2.64. The molecule has 0 aliphatic heterocycles. The van der Waals surface area contributed by atoms with Crippen LogP contribution in [0.3, 0.4) is 0 Å². The highest BCUT2D eigenvalue weighted by molar-refractivity contribution is 9.08. The van der Waals surface area contributed by atoms with E-state index in [-0.39, 0.29) is 11.8 Å². The average Bonchev–Trinajstić information content (AvgIpc) is 2.41. The summed E-state index contributed by atoms with van der Waals surface area (Å²) < 4.78 is 5.53. The van der Waals surface area contributed by atoms with Crippen molar-refractivity contribution in [1.29, 1.82) is 0 Å². The van der Waals surface area contributed by atoms with Crippen LogP contribution < -0.4 is 10.1 Å². The lowest BCUT2D eigenvalue weighted by Gasteiger charge is -2.13. The minimum Gasteiger partial charge on any atom is -0.494 e. The van der Waals surface area contributed by atoms with Crippen LogP contribution in [-0.2, 0) is 10.1 Å². The zero-order valence-corrected chi connectivity index (χ0v) is 13.9. The van der Waals surface area contributed by atoms with Crippen molar-refractivity contribution >= 4 is 39.3 Å². The van der Waals surface area contributed by atoms with Gasteiger partial charge < -0.3 is 10.1 Å². The first-order chi connectivity index (χ1) is 9.12. The lowest BCUT2D eigenvalue weighted by molar-refractivity contribution is -0.118. The molecule has 0 aliphatic carbocycles. The molecule has 1 unspecified atom stereocenters. The average molecular weight is 346 g/mol. The van der Waals surface area contributed by atoms with Gasteiger partial charge in [-0.1, -0.05) is 22.9 Å². The van der Waals surface area contributed by atoms with Crippen LogP contribution in [0.5, 0.6) is 5.75 Å². The highest BCUT2D eigenvalue weighted by Gasteiger charge is 2.13. The number of rotatable bonds is 7. The molecular formula is C14H20BrNO2S. The summed E-state index contributed by atoms with van der Waals surface area (Å²) in [6, 6.07) is 5.72. The molecule has 1 aromatic rings. The minimum absolute atomic E-state index is 0.00832. The number of amides is 1. The standard InChI is InChI=1S/C14H20BrNO2S/c1-4-18-13-6-5-12(7-11(13)8-15)16-14(17)10(2)9-19-3/h5-7,10H,4,8-9H2,1-3H3,(H,16,17). The van der Waals surface area contributed by atoms with E-state index < -0.39 is 0 Å². The molecule has 0 aliphatic rings. The Balaban J connectivity index is 2.76. The van der Waals surface area contributed by atoms with Crippen LogP contribution in [0, 0.1) is 5.92 Å².